The Hall–Kier alpha value is -4.60. The molecule has 0 aliphatic carbocycles. The van der Waals surface area contributed by atoms with Crippen molar-refractivity contribution in [3.8, 4) is 17.1 Å². The Balaban J connectivity index is 1.47. The highest BCUT2D eigenvalue weighted by Gasteiger charge is 2.30. The second kappa shape index (κ2) is 9.81. The number of alkyl halides is 3. The average Bonchev–Trinajstić information content (AvgIpc) is 3.28. The molecule has 7 nitrogen and oxygen atoms in total. The first kappa shape index (κ1) is 24.1. The molecule has 2 aromatic heterocycles. The fraction of sp³-hybridized carbons (Fsp3) is 0.148. The quantitative estimate of drug-likeness (QED) is 0.253. The van der Waals surface area contributed by atoms with Gasteiger partial charge >= 0.3 is 6.18 Å². The van der Waals surface area contributed by atoms with E-state index in [0.29, 0.717) is 47.0 Å². The van der Waals surface area contributed by atoms with Gasteiger partial charge < -0.3 is 20.7 Å². The molecular weight excluding hydrogens is 481 g/mol. The van der Waals surface area contributed by atoms with Gasteiger partial charge in [-0.25, -0.2) is 15.0 Å². The molecule has 4 N–H and O–H groups in total. The van der Waals surface area contributed by atoms with Gasteiger partial charge in [0.05, 0.1) is 18.4 Å². The predicted molar refractivity (Wildman–Crippen MR) is 136 cm³/mol. The Morgan fingerprint density at radius 2 is 1.65 bits per heavy atom. The van der Waals surface area contributed by atoms with E-state index in [1.54, 1.807) is 35.2 Å². The average molecular weight is 505 g/mol. The number of fused-ring (bicyclic) bond motifs is 1. The summed E-state index contributed by atoms with van der Waals surface area (Å²) in [5.74, 6) is 1.19. The zero-order valence-corrected chi connectivity index (χ0v) is 19.6. The molecule has 0 bridgehead atoms. The van der Waals surface area contributed by atoms with Crippen molar-refractivity contribution < 1.29 is 18.3 Å². The van der Waals surface area contributed by atoms with E-state index in [-0.39, 0.29) is 12.3 Å². The minimum Gasteiger partial charge on any atom is -0.508 e. The number of hydrogen-bond donors (Lipinski definition) is 3. The number of imidazole rings is 1. The molecule has 5 rings (SSSR count). The third kappa shape index (κ3) is 5.48. The minimum atomic E-state index is -4.39. The number of halogens is 3. The molecule has 0 saturated carbocycles. The van der Waals surface area contributed by atoms with Crippen molar-refractivity contribution in [2.24, 2.45) is 0 Å². The Morgan fingerprint density at radius 1 is 0.919 bits per heavy atom. The van der Waals surface area contributed by atoms with Gasteiger partial charge in [-0.05, 0) is 53.9 Å². The number of phenols is 1. The number of hydrogen-bond acceptors (Lipinski definition) is 6. The van der Waals surface area contributed by atoms with Gasteiger partial charge in [-0.2, -0.15) is 13.2 Å². The van der Waals surface area contributed by atoms with Gasteiger partial charge in [0, 0.05) is 17.8 Å². The van der Waals surface area contributed by atoms with Gasteiger partial charge in [-0.3, -0.25) is 0 Å². The van der Waals surface area contributed by atoms with Gasteiger partial charge in [-0.15, -0.1) is 0 Å². The number of aromatic hydroxyl groups is 1. The number of nitrogen functional groups attached to an aromatic ring is 1. The van der Waals surface area contributed by atoms with E-state index >= 15 is 0 Å². The summed E-state index contributed by atoms with van der Waals surface area (Å²) in [6, 6.07) is 19.2. The van der Waals surface area contributed by atoms with E-state index in [1.165, 1.54) is 12.1 Å². The molecule has 0 atom stereocenters. The van der Waals surface area contributed by atoms with E-state index in [2.05, 4.69) is 10.3 Å². The molecule has 0 spiro atoms. The molecule has 0 radical (unpaired) electrons. The number of nitrogens with one attached hydrogen (secondary N) is 1. The van der Waals surface area contributed by atoms with Crippen LogP contribution in [-0.4, -0.2) is 31.2 Å². The lowest BCUT2D eigenvalue weighted by Gasteiger charge is -2.11. The molecule has 37 heavy (non-hydrogen) atoms. The number of benzene rings is 3. The molecule has 0 amide bonds. The second-order valence-electron chi connectivity index (χ2n) is 8.60. The lowest BCUT2D eigenvalue weighted by molar-refractivity contribution is -0.137. The van der Waals surface area contributed by atoms with Crippen molar-refractivity contribution in [2.75, 3.05) is 17.6 Å². The van der Waals surface area contributed by atoms with E-state index < -0.39 is 11.7 Å². The van der Waals surface area contributed by atoms with Crippen LogP contribution in [0.4, 0.5) is 24.7 Å². The molecule has 0 aliphatic rings. The molecule has 0 unspecified atom stereocenters. The Bertz CT molecular complexity index is 1530. The fourth-order valence-electron chi connectivity index (χ4n) is 3.97. The Kier molecular flexibility index (Phi) is 6.39. The van der Waals surface area contributed by atoms with Crippen molar-refractivity contribution in [1.29, 1.82) is 0 Å². The molecular formula is C27H23F3N6O. The smallest absolute Gasteiger partial charge is 0.416 e. The number of phenolic OH excluding ortho intramolecular Hbond substituents is 1. The number of nitrogens with zero attached hydrogens (tertiary/aromatic N) is 4. The highest BCUT2D eigenvalue weighted by Crippen LogP contribution is 2.30. The van der Waals surface area contributed by atoms with Crippen molar-refractivity contribution in [3.63, 3.8) is 0 Å². The summed E-state index contributed by atoms with van der Waals surface area (Å²) in [5.41, 5.74) is 9.38. The van der Waals surface area contributed by atoms with Crippen LogP contribution >= 0.6 is 0 Å². The zero-order valence-electron chi connectivity index (χ0n) is 19.6. The summed E-state index contributed by atoms with van der Waals surface area (Å²) in [6.45, 7) is 0.841. The fourth-order valence-corrected chi connectivity index (χ4v) is 3.97. The lowest BCUT2D eigenvalue weighted by Crippen LogP contribution is -2.09. The Labute approximate surface area is 210 Å². The van der Waals surface area contributed by atoms with Gasteiger partial charge in [0.1, 0.15) is 11.3 Å². The standard InChI is InChI=1S/C27H23F3N6O/c28-27(29,30)20-8-4-18(5-9-20)15-36-16-33-23-25(32-13-12-17-6-10-22(37)11-7-17)34-24(35-26(23)36)19-2-1-3-21(31)14-19/h1-11,14,16,37H,12-13,15,31H2,(H,32,34,35). The van der Waals surface area contributed by atoms with Crippen LogP contribution in [0, 0.1) is 0 Å². The maximum atomic E-state index is 13.0. The summed E-state index contributed by atoms with van der Waals surface area (Å²) in [7, 11) is 0. The van der Waals surface area contributed by atoms with E-state index in [1.807, 2.05) is 24.3 Å². The number of rotatable bonds is 7. The molecule has 3 aromatic carbocycles. The first-order valence-corrected chi connectivity index (χ1v) is 11.5. The van der Waals surface area contributed by atoms with Crippen molar-refractivity contribution in [2.45, 2.75) is 19.1 Å². The van der Waals surface area contributed by atoms with Crippen LogP contribution in [0.1, 0.15) is 16.7 Å². The van der Waals surface area contributed by atoms with Crippen LogP contribution in [0.15, 0.2) is 79.1 Å². The molecule has 0 aliphatic heterocycles. The van der Waals surface area contributed by atoms with Crippen LogP contribution in [0.5, 0.6) is 5.75 Å². The second-order valence-corrected chi connectivity index (χ2v) is 8.60. The lowest BCUT2D eigenvalue weighted by atomic mass is 10.1. The Morgan fingerprint density at radius 3 is 2.35 bits per heavy atom. The SMILES string of the molecule is Nc1cccc(-c2nc(NCCc3ccc(O)cc3)c3ncn(Cc4ccc(C(F)(F)F)cc4)c3n2)c1. The molecule has 5 aromatic rings. The van der Waals surface area contributed by atoms with Crippen LogP contribution in [-0.2, 0) is 19.1 Å². The third-order valence-electron chi connectivity index (χ3n) is 5.89. The zero-order chi connectivity index (χ0) is 26.0. The van der Waals surface area contributed by atoms with E-state index in [0.717, 1.165) is 23.3 Å². The molecule has 0 fully saturated rings. The van der Waals surface area contributed by atoms with Crippen molar-refractivity contribution >= 4 is 22.7 Å². The van der Waals surface area contributed by atoms with Gasteiger partial charge in [-0.1, -0.05) is 36.4 Å². The number of aromatic nitrogens is 4. The van der Waals surface area contributed by atoms with Crippen molar-refractivity contribution in [3.05, 3.63) is 95.8 Å². The monoisotopic (exact) mass is 504 g/mol. The number of anilines is 2. The van der Waals surface area contributed by atoms with Gasteiger partial charge in [0.15, 0.2) is 17.3 Å². The first-order chi connectivity index (χ1) is 17.8. The van der Waals surface area contributed by atoms with Crippen LogP contribution < -0.4 is 11.1 Å². The molecule has 10 heteroatoms. The first-order valence-electron chi connectivity index (χ1n) is 11.5. The van der Waals surface area contributed by atoms with Crippen LogP contribution in [0.3, 0.4) is 0 Å². The molecule has 2 heterocycles. The van der Waals surface area contributed by atoms with E-state index in [4.69, 9.17) is 15.7 Å². The number of nitrogens with two attached hydrogens (primary N) is 1. The maximum Gasteiger partial charge on any atom is 0.416 e. The van der Waals surface area contributed by atoms with Gasteiger partial charge in [0.25, 0.3) is 0 Å². The third-order valence-corrected chi connectivity index (χ3v) is 5.89. The summed E-state index contributed by atoms with van der Waals surface area (Å²) in [6.07, 6.45) is -2.10. The summed E-state index contributed by atoms with van der Waals surface area (Å²) < 4.78 is 40.6. The maximum absolute atomic E-state index is 13.0. The predicted octanol–water partition coefficient (Wildman–Crippen LogP) is 5.50. The summed E-state index contributed by atoms with van der Waals surface area (Å²) >= 11 is 0. The molecule has 0 saturated heterocycles. The summed E-state index contributed by atoms with van der Waals surface area (Å²) in [4.78, 5) is 13.9. The normalized spacial score (nSPS) is 11.6. The summed E-state index contributed by atoms with van der Waals surface area (Å²) in [5, 5.41) is 12.8. The molecule has 188 valence electrons. The highest BCUT2D eigenvalue weighted by molar-refractivity contribution is 5.85. The highest BCUT2D eigenvalue weighted by atomic mass is 19.4. The van der Waals surface area contributed by atoms with Crippen LogP contribution in [0.2, 0.25) is 0 Å². The topological polar surface area (TPSA) is 102 Å². The minimum absolute atomic E-state index is 0.208. The van der Waals surface area contributed by atoms with Crippen molar-refractivity contribution in [1.82, 2.24) is 19.5 Å². The van der Waals surface area contributed by atoms with Crippen LogP contribution in [0.25, 0.3) is 22.6 Å². The van der Waals surface area contributed by atoms with E-state index in [9.17, 15) is 18.3 Å². The van der Waals surface area contributed by atoms with Gasteiger partial charge in [0.2, 0.25) is 0 Å². The largest absolute Gasteiger partial charge is 0.508 e.